The van der Waals surface area contributed by atoms with E-state index in [1.165, 1.54) is 5.57 Å². The number of rotatable bonds is 1. The lowest BCUT2D eigenvalue weighted by molar-refractivity contribution is 0.119. The monoisotopic (exact) mass is 191 g/mol. The van der Waals surface area contributed by atoms with E-state index >= 15 is 0 Å². The normalized spacial score (nSPS) is 16.7. The van der Waals surface area contributed by atoms with Crippen molar-refractivity contribution < 1.29 is 4.74 Å². The molecule has 2 N–H and O–H groups in total. The van der Waals surface area contributed by atoms with Gasteiger partial charge in [0, 0.05) is 6.20 Å². The van der Waals surface area contributed by atoms with Crippen LogP contribution in [0.1, 0.15) is 18.5 Å². The number of aromatic nitrogens is 2. The summed E-state index contributed by atoms with van der Waals surface area (Å²) < 4.78 is 5.26. The van der Waals surface area contributed by atoms with Crippen molar-refractivity contribution in [3.8, 4) is 0 Å². The van der Waals surface area contributed by atoms with Gasteiger partial charge in [-0.15, -0.1) is 0 Å². The number of nitrogens with zero attached hydrogens (tertiary/aromatic N) is 2. The molecule has 0 spiro atoms. The fourth-order valence-corrected chi connectivity index (χ4v) is 1.46. The van der Waals surface area contributed by atoms with E-state index in [1.54, 1.807) is 6.20 Å². The van der Waals surface area contributed by atoms with Gasteiger partial charge in [-0.05, 0) is 25.0 Å². The number of ether oxygens (including phenoxy) is 1. The number of nitrogens with two attached hydrogens (primary N) is 1. The maximum absolute atomic E-state index is 5.49. The van der Waals surface area contributed by atoms with Crippen LogP contribution in [0.25, 0.3) is 6.08 Å². The highest BCUT2D eigenvalue weighted by Crippen LogP contribution is 2.16. The van der Waals surface area contributed by atoms with Gasteiger partial charge in [-0.25, -0.2) is 9.97 Å². The molecule has 1 aliphatic heterocycles. The van der Waals surface area contributed by atoms with Crippen molar-refractivity contribution in [1.82, 2.24) is 9.97 Å². The maximum atomic E-state index is 5.49. The number of nitrogen functional groups attached to an aromatic ring is 1. The van der Waals surface area contributed by atoms with Crippen molar-refractivity contribution in [3.05, 3.63) is 23.5 Å². The van der Waals surface area contributed by atoms with Gasteiger partial charge in [0.2, 0.25) is 5.95 Å². The van der Waals surface area contributed by atoms with Gasteiger partial charge in [-0.1, -0.05) is 5.57 Å². The molecule has 74 valence electrons. The summed E-state index contributed by atoms with van der Waals surface area (Å²) >= 11 is 0. The van der Waals surface area contributed by atoms with Crippen LogP contribution < -0.4 is 5.73 Å². The van der Waals surface area contributed by atoms with Crippen LogP contribution >= 0.6 is 0 Å². The van der Waals surface area contributed by atoms with Gasteiger partial charge < -0.3 is 10.5 Å². The zero-order valence-corrected chi connectivity index (χ0v) is 7.94. The van der Waals surface area contributed by atoms with Crippen LogP contribution in [0.2, 0.25) is 0 Å². The van der Waals surface area contributed by atoms with Gasteiger partial charge in [0.05, 0.1) is 18.9 Å². The van der Waals surface area contributed by atoms with Crippen molar-refractivity contribution in [2.75, 3.05) is 18.9 Å². The standard InChI is InChI=1S/C10H13N3O/c11-10-12-4-1-9(13-10)7-8-2-5-14-6-3-8/h1,4,7H,2-3,5-6H2,(H2,11,12,13). The molecule has 1 fully saturated rings. The summed E-state index contributed by atoms with van der Waals surface area (Å²) in [5.41, 5.74) is 7.74. The molecule has 2 heterocycles. The molecule has 0 bridgehead atoms. The Balaban J connectivity index is 2.15. The third-order valence-corrected chi connectivity index (χ3v) is 2.18. The first-order chi connectivity index (χ1) is 6.84. The SMILES string of the molecule is Nc1nccc(C=C2CCOCC2)n1. The molecule has 2 rings (SSSR count). The zero-order chi connectivity index (χ0) is 9.80. The molecule has 0 atom stereocenters. The quantitative estimate of drug-likeness (QED) is 0.725. The van der Waals surface area contributed by atoms with Crippen LogP contribution in [0.5, 0.6) is 0 Å². The third-order valence-electron chi connectivity index (χ3n) is 2.18. The summed E-state index contributed by atoms with van der Waals surface area (Å²) in [4.78, 5) is 7.96. The van der Waals surface area contributed by atoms with Crippen molar-refractivity contribution in [2.45, 2.75) is 12.8 Å². The van der Waals surface area contributed by atoms with Crippen LogP contribution in [-0.4, -0.2) is 23.2 Å². The van der Waals surface area contributed by atoms with E-state index in [0.717, 1.165) is 31.7 Å². The molecule has 1 aliphatic rings. The Hall–Kier alpha value is -1.42. The van der Waals surface area contributed by atoms with Crippen LogP contribution in [0.3, 0.4) is 0 Å². The molecule has 4 nitrogen and oxygen atoms in total. The van der Waals surface area contributed by atoms with E-state index in [9.17, 15) is 0 Å². The average molecular weight is 191 g/mol. The number of hydrogen-bond donors (Lipinski definition) is 1. The molecule has 14 heavy (non-hydrogen) atoms. The summed E-state index contributed by atoms with van der Waals surface area (Å²) in [7, 11) is 0. The molecular weight excluding hydrogens is 178 g/mol. The minimum absolute atomic E-state index is 0.325. The van der Waals surface area contributed by atoms with Crippen LogP contribution in [0.15, 0.2) is 17.8 Å². The molecule has 0 amide bonds. The molecule has 1 aromatic rings. The lowest BCUT2D eigenvalue weighted by Gasteiger charge is -2.14. The summed E-state index contributed by atoms with van der Waals surface area (Å²) in [6, 6.07) is 1.86. The highest BCUT2D eigenvalue weighted by atomic mass is 16.5. The van der Waals surface area contributed by atoms with Crippen molar-refractivity contribution in [1.29, 1.82) is 0 Å². The fourth-order valence-electron chi connectivity index (χ4n) is 1.46. The first-order valence-corrected chi connectivity index (χ1v) is 4.70. The lowest BCUT2D eigenvalue weighted by atomic mass is 10.1. The van der Waals surface area contributed by atoms with E-state index in [-0.39, 0.29) is 0 Å². The average Bonchev–Trinajstić information content (AvgIpc) is 2.19. The predicted octanol–water partition coefficient (Wildman–Crippen LogP) is 1.25. The first kappa shape index (κ1) is 9.15. The summed E-state index contributed by atoms with van der Waals surface area (Å²) in [6.45, 7) is 1.62. The Morgan fingerprint density at radius 3 is 2.86 bits per heavy atom. The smallest absolute Gasteiger partial charge is 0.220 e. The molecule has 0 saturated carbocycles. The molecular formula is C10H13N3O. The van der Waals surface area contributed by atoms with Gasteiger partial charge in [-0.2, -0.15) is 0 Å². The van der Waals surface area contributed by atoms with Crippen molar-refractivity contribution in [2.24, 2.45) is 0 Å². The Morgan fingerprint density at radius 1 is 1.36 bits per heavy atom. The van der Waals surface area contributed by atoms with Crippen molar-refractivity contribution in [3.63, 3.8) is 0 Å². The van der Waals surface area contributed by atoms with Crippen LogP contribution in [-0.2, 0) is 4.74 Å². The molecule has 0 unspecified atom stereocenters. The second-order valence-electron chi connectivity index (χ2n) is 3.25. The number of anilines is 1. The highest BCUT2D eigenvalue weighted by molar-refractivity contribution is 5.49. The van der Waals surface area contributed by atoms with E-state index < -0.39 is 0 Å². The van der Waals surface area contributed by atoms with Crippen LogP contribution in [0, 0.1) is 0 Å². The first-order valence-electron chi connectivity index (χ1n) is 4.70. The van der Waals surface area contributed by atoms with Gasteiger partial charge in [0.25, 0.3) is 0 Å². The lowest BCUT2D eigenvalue weighted by Crippen LogP contribution is -2.07. The van der Waals surface area contributed by atoms with Crippen LogP contribution in [0.4, 0.5) is 5.95 Å². The topological polar surface area (TPSA) is 61.0 Å². The Morgan fingerprint density at radius 2 is 2.14 bits per heavy atom. The Kier molecular flexibility index (Phi) is 2.74. The van der Waals surface area contributed by atoms with E-state index in [0.29, 0.717) is 5.95 Å². The van der Waals surface area contributed by atoms with E-state index in [1.807, 2.05) is 6.07 Å². The predicted molar refractivity (Wildman–Crippen MR) is 54.5 cm³/mol. The largest absolute Gasteiger partial charge is 0.381 e. The highest BCUT2D eigenvalue weighted by Gasteiger charge is 2.05. The Bertz CT molecular complexity index is 341. The third kappa shape index (κ3) is 2.29. The summed E-state index contributed by atoms with van der Waals surface area (Å²) in [5.74, 6) is 0.325. The van der Waals surface area contributed by atoms with Gasteiger partial charge in [0.15, 0.2) is 0 Å². The zero-order valence-electron chi connectivity index (χ0n) is 7.94. The summed E-state index contributed by atoms with van der Waals surface area (Å²) in [6.07, 6.45) is 5.72. The van der Waals surface area contributed by atoms with Gasteiger partial charge in [0.1, 0.15) is 0 Å². The molecule has 0 aromatic carbocycles. The van der Waals surface area contributed by atoms with Crippen molar-refractivity contribution >= 4 is 12.0 Å². The van der Waals surface area contributed by atoms with Gasteiger partial charge in [-0.3, -0.25) is 0 Å². The molecule has 0 radical (unpaired) electrons. The molecule has 4 heteroatoms. The number of hydrogen-bond acceptors (Lipinski definition) is 4. The second kappa shape index (κ2) is 4.19. The molecule has 1 saturated heterocycles. The minimum atomic E-state index is 0.325. The molecule has 1 aromatic heterocycles. The van der Waals surface area contributed by atoms with E-state index in [4.69, 9.17) is 10.5 Å². The summed E-state index contributed by atoms with van der Waals surface area (Å²) in [5, 5.41) is 0. The Labute approximate surface area is 82.8 Å². The van der Waals surface area contributed by atoms with E-state index in [2.05, 4.69) is 16.0 Å². The second-order valence-corrected chi connectivity index (χ2v) is 3.25. The van der Waals surface area contributed by atoms with Gasteiger partial charge >= 0.3 is 0 Å². The molecule has 0 aliphatic carbocycles. The maximum Gasteiger partial charge on any atom is 0.220 e. The minimum Gasteiger partial charge on any atom is -0.381 e. The fraction of sp³-hybridized carbons (Fsp3) is 0.400.